The molecule has 10 heteroatoms. The van der Waals surface area contributed by atoms with Crippen LogP contribution < -0.4 is 9.47 Å². The minimum absolute atomic E-state index is 0.230. The van der Waals surface area contributed by atoms with Crippen LogP contribution in [-0.2, 0) is 28.5 Å². The van der Waals surface area contributed by atoms with E-state index in [-0.39, 0.29) is 13.2 Å². The van der Waals surface area contributed by atoms with Crippen LogP contribution in [0, 0.1) is 0 Å². The van der Waals surface area contributed by atoms with Crippen molar-refractivity contribution in [2.45, 2.75) is 32.0 Å². The molecule has 0 heterocycles. The van der Waals surface area contributed by atoms with Crippen LogP contribution in [0.25, 0.3) is 11.1 Å². The molecule has 0 bridgehead atoms. The van der Waals surface area contributed by atoms with Crippen molar-refractivity contribution in [3.05, 3.63) is 133 Å². The van der Waals surface area contributed by atoms with Crippen LogP contribution in [0.2, 0.25) is 0 Å². The molecule has 4 rings (SSSR count). The zero-order valence-electron chi connectivity index (χ0n) is 26.5. The van der Waals surface area contributed by atoms with Gasteiger partial charge in [0.1, 0.15) is 23.0 Å². The topological polar surface area (TPSA) is 127 Å². The van der Waals surface area contributed by atoms with E-state index < -0.39 is 24.2 Å². The molecule has 0 saturated carbocycles. The largest absolute Gasteiger partial charge is 0.493 e. The Morgan fingerprint density at radius 3 is 1.65 bits per heavy atom. The number of ether oxygens (including phenoxy) is 6. The summed E-state index contributed by atoms with van der Waals surface area (Å²) in [6.45, 7) is 7.96. The van der Waals surface area contributed by atoms with Crippen LogP contribution >= 0.6 is 0 Å². The van der Waals surface area contributed by atoms with E-state index in [0.29, 0.717) is 73.0 Å². The summed E-state index contributed by atoms with van der Waals surface area (Å²) in [5.41, 5.74) is 2.92. The summed E-state index contributed by atoms with van der Waals surface area (Å²) < 4.78 is 32.4. The zero-order valence-corrected chi connectivity index (χ0v) is 26.5. The van der Waals surface area contributed by atoms with Gasteiger partial charge in [-0.2, -0.15) is 0 Å². The predicted octanol–water partition coefficient (Wildman–Crippen LogP) is 6.78. The van der Waals surface area contributed by atoms with Gasteiger partial charge in [-0.3, -0.25) is 0 Å². The van der Waals surface area contributed by atoms with Gasteiger partial charge in [0.2, 0.25) is 6.29 Å². The van der Waals surface area contributed by atoms with Crippen molar-refractivity contribution >= 4 is 17.9 Å². The molecule has 1 atom stereocenters. The first-order chi connectivity index (χ1) is 23.3. The Bertz CT molecular complexity index is 1600. The van der Waals surface area contributed by atoms with Crippen molar-refractivity contribution in [1.29, 1.82) is 0 Å². The van der Waals surface area contributed by atoms with Gasteiger partial charge in [-0.1, -0.05) is 49.6 Å². The number of rotatable bonds is 18. The molecule has 250 valence electrons. The number of carbonyl (C=O) groups excluding carboxylic acids is 3. The summed E-state index contributed by atoms with van der Waals surface area (Å²) in [6.07, 6.45) is 6.41. The van der Waals surface area contributed by atoms with Gasteiger partial charge < -0.3 is 33.5 Å². The van der Waals surface area contributed by atoms with Crippen LogP contribution in [0.5, 0.6) is 11.5 Å². The highest BCUT2D eigenvalue weighted by Gasteiger charge is 2.17. The monoisotopic (exact) mass is 654 g/mol. The third-order valence-corrected chi connectivity index (χ3v) is 6.97. The van der Waals surface area contributed by atoms with E-state index in [9.17, 15) is 19.5 Å². The number of carbonyl (C=O) groups is 3. The number of aliphatic hydroxyl groups excluding tert-OH is 1. The number of allylic oxidation sites excluding steroid dienone is 4. The lowest BCUT2D eigenvalue weighted by molar-refractivity contribution is -0.138. The Morgan fingerprint density at radius 2 is 1.15 bits per heavy atom. The fraction of sp³-hybridized carbons (Fsp3) is 0.237. The standard InChI is InChI=1S/C38H38O10/c1-3-35(39)45-25-5-23-43-31-15-11-28(12-16-31)27-7-9-29(10-8-27)37(41)47-33-19-21-34(22-20-33)48-38(42)30-13-17-32(18-14-30)44-24-6-26-46-36(40)4-2/h3-4,7-19,21,37,41H,1-2,5-6,20,22-26H2. The summed E-state index contributed by atoms with van der Waals surface area (Å²) >= 11 is 0. The molecule has 1 unspecified atom stereocenters. The first-order valence-corrected chi connectivity index (χ1v) is 15.5. The molecular formula is C38H38O10. The summed E-state index contributed by atoms with van der Waals surface area (Å²) in [4.78, 5) is 34.7. The number of benzene rings is 3. The summed E-state index contributed by atoms with van der Waals surface area (Å²) in [7, 11) is 0. The summed E-state index contributed by atoms with van der Waals surface area (Å²) in [6, 6.07) is 21.6. The van der Waals surface area contributed by atoms with E-state index in [4.69, 9.17) is 28.4 Å². The lowest BCUT2D eigenvalue weighted by Gasteiger charge is -2.19. The molecule has 3 aromatic rings. The Kier molecular flexibility index (Phi) is 13.6. The fourth-order valence-corrected chi connectivity index (χ4v) is 4.40. The highest BCUT2D eigenvalue weighted by molar-refractivity contribution is 5.90. The molecule has 10 nitrogen and oxygen atoms in total. The summed E-state index contributed by atoms with van der Waals surface area (Å²) in [5.74, 6) is 0.934. The molecule has 3 aromatic carbocycles. The summed E-state index contributed by atoms with van der Waals surface area (Å²) in [5, 5.41) is 10.7. The second-order valence-electron chi connectivity index (χ2n) is 10.4. The first kappa shape index (κ1) is 35.2. The van der Waals surface area contributed by atoms with Crippen molar-refractivity contribution in [3.63, 3.8) is 0 Å². The van der Waals surface area contributed by atoms with Crippen molar-refractivity contribution in [2.75, 3.05) is 26.4 Å². The SMILES string of the molecule is C=CC(=O)OCCCOc1ccc(C(=O)OC2=CC=C(OC(O)c3ccc(-c4ccc(OCCCOC(=O)C=C)cc4)cc3)CC2)cc1. The maximum absolute atomic E-state index is 12.6. The molecule has 0 fully saturated rings. The number of esters is 3. The van der Waals surface area contributed by atoms with E-state index >= 15 is 0 Å². The first-order valence-electron chi connectivity index (χ1n) is 15.5. The van der Waals surface area contributed by atoms with Crippen LogP contribution in [0.1, 0.15) is 47.9 Å². The highest BCUT2D eigenvalue weighted by Crippen LogP contribution is 2.28. The lowest BCUT2D eigenvalue weighted by Crippen LogP contribution is -2.09. The third kappa shape index (κ3) is 11.3. The average Bonchev–Trinajstić information content (AvgIpc) is 3.12. The van der Waals surface area contributed by atoms with Gasteiger partial charge in [0.15, 0.2) is 0 Å². The highest BCUT2D eigenvalue weighted by atomic mass is 16.6. The van der Waals surface area contributed by atoms with E-state index in [0.717, 1.165) is 23.3 Å². The van der Waals surface area contributed by atoms with Crippen molar-refractivity contribution in [1.82, 2.24) is 0 Å². The fourth-order valence-electron chi connectivity index (χ4n) is 4.40. The number of hydrogen-bond acceptors (Lipinski definition) is 10. The quantitative estimate of drug-likeness (QED) is 0.0516. The van der Waals surface area contributed by atoms with Gasteiger partial charge in [0.25, 0.3) is 0 Å². The molecule has 0 aromatic heterocycles. The van der Waals surface area contributed by atoms with E-state index in [1.807, 2.05) is 36.4 Å². The maximum Gasteiger partial charge on any atom is 0.343 e. The van der Waals surface area contributed by atoms with Gasteiger partial charge in [0, 0.05) is 43.4 Å². The molecule has 1 aliphatic carbocycles. The molecule has 48 heavy (non-hydrogen) atoms. The Labute approximate surface area is 279 Å². The Morgan fingerprint density at radius 1 is 0.667 bits per heavy atom. The second-order valence-corrected chi connectivity index (χ2v) is 10.4. The number of hydrogen-bond donors (Lipinski definition) is 1. The normalized spacial score (nSPS) is 12.8. The van der Waals surface area contributed by atoms with E-state index in [1.54, 1.807) is 48.6 Å². The van der Waals surface area contributed by atoms with Crippen molar-refractivity contribution in [3.8, 4) is 22.6 Å². The molecule has 1 aliphatic rings. The molecule has 0 radical (unpaired) electrons. The minimum atomic E-state index is -1.16. The Hall–Kier alpha value is -5.61. The van der Waals surface area contributed by atoms with E-state index in [1.165, 1.54) is 0 Å². The predicted molar refractivity (Wildman–Crippen MR) is 178 cm³/mol. The van der Waals surface area contributed by atoms with Gasteiger partial charge >= 0.3 is 17.9 Å². The van der Waals surface area contributed by atoms with Crippen LogP contribution in [0.4, 0.5) is 0 Å². The van der Waals surface area contributed by atoms with Crippen molar-refractivity contribution < 1.29 is 47.9 Å². The Balaban J connectivity index is 1.19. The minimum Gasteiger partial charge on any atom is -0.493 e. The van der Waals surface area contributed by atoms with Gasteiger partial charge in [-0.15, -0.1) is 0 Å². The molecule has 0 aliphatic heterocycles. The second kappa shape index (κ2) is 18.5. The smallest absolute Gasteiger partial charge is 0.343 e. The zero-order chi connectivity index (χ0) is 34.1. The third-order valence-electron chi connectivity index (χ3n) is 6.97. The van der Waals surface area contributed by atoms with Crippen molar-refractivity contribution in [2.24, 2.45) is 0 Å². The van der Waals surface area contributed by atoms with Gasteiger partial charge in [0.05, 0.1) is 32.0 Å². The molecule has 0 saturated heterocycles. The average molecular weight is 655 g/mol. The molecule has 0 spiro atoms. The van der Waals surface area contributed by atoms with Crippen LogP contribution in [0.15, 0.2) is 122 Å². The molecule has 0 amide bonds. The number of aliphatic hydroxyl groups is 1. The van der Waals surface area contributed by atoms with Gasteiger partial charge in [-0.25, -0.2) is 14.4 Å². The molecular weight excluding hydrogens is 616 g/mol. The lowest BCUT2D eigenvalue weighted by atomic mass is 10.0. The maximum atomic E-state index is 12.6. The van der Waals surface area contributed by atoms with Crippen LogP contribution in [0.3, 0.4) is 0 Å². The molecule has 1 N–H and O–H groups in total. The van der Waals surface area contributed by atoms with Crippen LogP contribution in [-0.4, -0.2) is 49.4 Å². The van der Waals surface area contributed by atoms with E-state index in [2.05, 4.69) is 13.2 Å². The van der Waals surface area contributed by atoms with Gasteiger partial charge in [-0.05, 0) is 59.7 Å².